The van der Waals surface area contributed by atoms with Crippen molar-refractivity contribution in [1.29, 1.82) is 0 Å². The van der Waals surface area contributed by atoms with Gasteiger partial charge in [0.15, 0.2) is 5.82 Å². The molecule has 5 aromatic rings. The second-order valence-corrected chi connectivity index (χ2v) is 10.2. The van der Waals surface area contributed by atoms with E-state index < -0.39 is 54.8 Å². The highest BCUT2D eigenvalue weighted by Crippen LogP contribution is 2.29. The second-order valence-electron chi connectivity index (χ2n) is 9.82. The molecule has 250 valence electrons. The Morgan fingerprint density at radius 3 is 2.42 bits per heavy atom. The molecule has 20 heteroatoms. The van der Waals surface area contributed by atoms with Gasteiger partial charge in [-0.3, -0.25) is 9.59 Å². The summed E-state index contributed by atoms with van der Waals surface area (Å²) in [5, 5.41) is 18.7. The Morgan fingerprint density at radius 1 is 0.979 bits per heavy atom. The van der Waals surface area contributed by atoms with Gasteiger partial charge in [0.2, 0.25) is 0 Å². The molecule has 0 aliphatic rings. The maximum atomic E-state index is 14.5. The Balaban J connectivity index is 1.45. The topological polar surface area (TPSA) is 142 Å². The van der Waals surface area contributed by atoms with E-state index in [9.17, 15) is 40.3 Å². The van der Waals surface area contributed by atoms with E-state index in [2.05, 4.69) is 40.9 Å². The van der Waals surface area contributed by atoms with Crippen LogP contribution in [-0.4, -0.2) is 53.1 Å². The van der Waals surface area contributed by atoms with Crippen molar-refractivity contribution in [3.63, 3.8) is 0 Å². The Morgan fingerprint density at radius 2 is 1.73 bits per heavy atom. The number of rotatable bonds is 9. The minimum Gasteiger partial charge on any atom is -0.405 e. The van der Waals surface area contributed by atoms with Gasteiger partial charge in [-0.05, 0) is 54.1 Å². The van der Waals surface area contributed by atoms with Gasteiger partial charge < -0.3 is 15.4 Å². The smallest absolute Gasteiger partial charge is 0.405 e. The van der Waals surface area contributed by atoms with E-state index in [4.69, 9.17) is 11.6 Å². The molecule has 0 spiro atoms. The zero-order valence-electron chi connectivity index (χ0n) is 24.1. The number of carbonyl (C=O) groups excluding carboxylic acids is 2. The number of nitrogens with one attached hydrogen (secondary N) is 2. The van der Waals surface area contributed by atoms with Crippen LogP contribution in [0.4, 0.5) is 36.4 Å². The number of amides is 2. The molecule has 48 heavy (non-hydrogen) atoms. The maximum absolute atomic E-state index is 14.5. The molecule has 0 radical (unpaired) electrons. The number of carbonyl (C=O) groups is 2. The van der Waals surface area contributed by atoms with Gasteiger partial charge in [-0.15, -0.1) is 23.4 Å². The van der Waals surface area contributed by atoms with E-state index in [-0.39, 0.29) is 44.6 Å². The van der Waals surface area contributed by atoms with Crippen LogP contribution in [0.5, 0.6) is 5.75 Å². The molecule has 0 aliphatic carbocycles. The van der Waals surface area contributed by atoms with Crippen LogP contribution in [0.3, 0.4) is 0 Å². The fourth-order valence-corrected chi connectivity index (χ4v) is 4.54. The maximum Gasteiger partial charge on any atom is 0.573 e. The minimum absolute atomic E-state index is 0.0264. The molecule has 3 aromatic heterocycles. The number of hydrogen-bond acceptors (Lipinski definition) is 8. The van der Waals surface area contributed by atoms with Crippen LogP contribution in [0.1, 0.15) is 43.5 Å². The molecule has 2 N–H and O–H groups in total. The number of halogens is 8. The predicted molar refractivity (Wildman–Crippen MR) is 152 cm³/mol. The molecule has 5 rings (SSSR count). The molecule has 0 bridgehead atoms. The van der Waals surface area contributed by atoms with E-state index in [0.29, 0.717) is 4.80 Å². The van der Waals surface area contributed by atoms with Gasteiger partial charge in [0.25, 0.3) is 17.6 Å². The van der Waals surface area contributed by atoms with Gasteiger partial charge in [0.1, 0.15) is 23.8 Å². The third-order valence-corrected chi connectivity index (χ3v) is 6.66. The number of tetrazole rings is 1. The number of pyridine rings is 1. The predicted octanol–water partition coefficient (Wildman–Crippen LogP) is 5.50. The summed E-state index contributed by atoms with van der Waals surface area (Å²) in [5.41, 5.74) is -0.814. The van der Waals surface area contributed by atoms with Gasteiger partial charge >= 0.3 is 12.5 Å². The highest BCUT2D eigenvalue weighted by atomic mass is 35.5. The summed E-state index contributed by atoms with van der Waals surface area (Å²) >= 11 is 6.27. The molecular formula is C28H19ClF7N9O3. The number of anilines is 1. The van der Waals surface area contributed by atoms with Crippen molar-refractivity contribution in [3.05, 3.63) is 106 Å². The highest BCUT2D eigenvalue weighted by Gasteiger charge is 2.37. The molecule has 3 heterocycles. The number of benzene rings is 2. The van der Waals surface area contributed by atoms with Crippen molar-refractivity contribution < 1.29 is 45.1 Å². The normalized spacial score (nSPS) is 11.8. The summed E-state index contributed by atoms with van der Waals surface area (Å²) in [6, 6.07) is 11.0. The van der Waals surface area contributed by atoms with Crippen molar-refractivity contribution in [1.82, 2.24) is 40.3 Å². The zero-order valence-corrected chi connectivity index (χ0v) is 24.8. The molecule has 0 aliphatic heterocycles. The van der Waals surface area contributed by atoms with Crippen LogP contribution >= 0.6 is 11.6 Å². The first kappa shape index (κ1) is 33.8. The van der Waals surface area contributed by atoms with Crippen LogP contribution in [0.2, 0.25) is 5.02 Å². The van der Waals surface area contributed by atoms with Crippen molar-refractivity contribution in [3.8, 4) is 11.6 Å². The number of hydrogen-bond donors (Lipinski definition) is 2. The first-order chi connectivity index (χ1) is 22.6. The fraction of sp³-hybridized carbons (Fsp3) is 0.179. The largest absolute Gasteiger partial charge is 0.573 e. The molecular weight excluding hydrogens is 679 g/mol. The van der Waals surface area contributed by atoms with E-state index in [1.807, 2.05) is 0 Å². The summed E-state index contributed by atoms with van der Waals surface area (Å²) in [4.78, 5) is 31.6. The molecule has 0 atom stereocenters. The van der Waals surface area contributed by atoms with E-state index >= 15 is 0 Å². The van der Waals surface area contributed by atoms with Crippen molar-refractivity contribution in [2.24, 2.45) is 0 Å². The van der Waals surface area contributed by atoms with Crippen molar-refractivity contribution in [2.75, 3.05) is 5.32 Å². The molecule has 12 nitrogen and oxygen atoms in total. The Kier molecular flexibility index (Phi) is 9.33. The third-order valence-electron chi connectivity index (χ3n) is 6.36. The lowest BCUT2D eigenvalue weighted by molar-refractivity contribution is -0.274. The van der Waals surface area contributed by atoms with E-state index in [0.717, 1.165) is 22.9 Å². The summed E-state index contributed by atoms with van der Waals surface area (Å²) in [5.74, 6) is -4.88. The SMILES string of the molecule is Cc1cc(F)cc(C(=O)NCc2ccccc2OC(F)(F)F)c1NC(=O)c1cc(Cn2nnc(C(F)(F)F)n2)nn1-c1ncccc1Cl. The monoisotopic (exact) mass is 697 g/mol. The number of aromatic nitrogens is 7. The van der Waals surface area contributed by atoms with Gasteiger partial charge in [0.05, 0.1) is 22.0 Å². The Labute approximate surface area is 269 Å². The Hall–Kier alpha value is -5.59. The van der Waals surface area contributed by atoms with E-state index in [1.54, 1.807) is 0 Å². The van der Waals surface area contributed by atoms with Crippen LogP contribution in [0.15, 0.2) is 60.8 Å². The van der Waals surface area contributed by atoms with Gasteiger partial charge in [-0.2, -0.15) is 23.1 Å². The number of alkyl halides is 6. The number of nitrogens with zero attached hydrogens (tertiary/aromatic N) is 7. The summed E-state index contributed by atoms with van der Waals surface area (Å²) in [6.07, 6.45) is -8.52. The van der Waals surface area contributed by atoms with Gasteiger partial charge in [-0.25, -0.2) is 14.1 Å². The number of aryl methyl sites for hydroxylation is 1. The first-order valence-electron chi connectivity index (χ1n) is 13.4. The summed E-state index contributed by atoms with van der Waals surface area (Å²) < 4.78 is 96.9. The standard InChI is InChI=1S/C28H19ClF7N9O3/c1-14-9-16(30)10-18(24(46)38-12-15-5-2-3-7-21(15)48-28(34,35)36)22(14)39-25(47)20-11-17(13-44-42-26(40-43-44)27(31,32)33)41-45(20)23-19(29)6-4-8-37-23/h2-11H,12-13H2,1H3,(H,38,46)(H,39,47). The zero-order chi connectivity index (χ0) is 34.8. The van der Waals surface area contributed by atoms with E-state index in [1.165, 1.54) is 49.5 Å². The number of ether oxygens (including phenoxy) is 1. The number of para-hydroxylation sites is 1. The second kappa shape index (κ2) is 13.3. The van der Waals surface area contributed by atoms with Gasteiger partial charge in [0, 0.05) is 18.3 Å². The lowest BCUT2D eigenvalue weighted by Crippen LogP contribution is -2.27. The Bertz CT molecular complexity index is 1990. The lowest BCUT2D eigenvalue weighted by Gasteiger charge is -2.16. The lowest BCUT2D eigenvalue weighted by atomic mass is 10.1. The quantitative estimate of drug-likeness (QED) is 0.192. The minimum atomic E-state index is -5.00. The molecule has 2 aromatic carbocycles. The average Bonchev–Trinajstić information content (AvgIpc) is 3.65. The summed E-state index contributed by atoms with van der Waals surface area (Å²) in [6.45, 7) is 0.452. The third kappa shape index (κ3) is 7.85. The van der Waals surface area contributed by atoms with Crippen molar-refractivity contribution in [2.45, 2.75) is 32.6 Å². The molecule has 0 fully saturated rings. The molecule has 0 unspecified atom stereocenters. The van der Waals surface area contributed by atoms with Crippen LogP contribution in [0.25, 0.3) is 5.82 Å². The molecule has 2 amide bonds. The van der Waals surface area contributed by atoms with Gasteiger partial charge in [-0.1, -0.05) is 29.8 Å². The highest BCUT2D eigenvalue weighted by molar-refractivity contribution is 6.32. The molecule has 0 saturated carbocycles. The van der Waals surface area contributed by atoms with Crippen LogP contribution in [0, 0.1) is 12.7 Å². The fourth-order valence-electron chi connectivity index (χ4n) is 4.34. The van der Waals surface area contributed by atoms with Crippen LogP contribution in [-0.2, 0) is 19.3 Å². The summed E-state index contributed by atoms with van der Waals surface area (Å²) in [7, 11) is 0. The first-order valence-corrected chi connectivity index (χ1v) is 13.7. The van der Waals surface area contributed by atoms with Crippen LogP contribution < -0.4 is 15.4 Å². The average molecular weight is 698 g/mol. The van der Waals surface area contributed by atoms with Crippen molar-refractivity contribution >= 4 is 29.1 Å². The molecule has 0 saturated heterocycles.